The second-order valence-corrected chi connectivity index (χ2v) is 3.84. The molecular formula is C9H11N5O4. The number of aliphatic hydroxyl groups excluding tert-OH is 1. The highest BCUT2D eigenvalue weighted by atomic mass is 16.5. The first kappa shape index (κ1) is 12.4. The van der Waals surface area contributed by atoms with Gasteiger partial charge in [0.25, 0.3) is 5.56 Å². The van der Waals surface area contributed by atoms with Crippen LogP contribution in [0.25, 0.3) is 10.4 Å². The quantitative estimate of drug-likeness (QED) is 0.426. The molecule has 0 radical (unpaired) electrons. The number of nitrogens with zero attached hydrogens (tertiary/aromatic N) is 4. The number of hydrogen-bond donors (Lipinski definition) is 2. The number of H-pyrrole nitrogens is 1. The Morgan fingerprint density at radius 3 is 3.06 bits per heavy atom. The third kappa shape index (κ3) is 2.28. The van der Waals surface area contributed by atoms with Gasteiger partial charge in [-0.3, -0.25) is 14.3 Å². The SMILES string of the molecule is [N-]=[N+]=N[C@@H]1C[C@@H](n2ccc(=O)[nH]c2=O)O[C@H]1CO. The number of aliphatic hydroxyl groups is 1. The molecule has 1 aliphatic heterocycles. The first-order valence-electron chi connectivity index (χ1n) is 5.27. The van der Waals surface area contributed by atoms with Gasteiger partial charge in [-0.15, -0.1) is 0 Å². The molecule has 1 aromatic heterocycles. The van der Waals surface area contributed by atoms with Crippen LogP contribution in [-0.4, -0.2) is 33.4 Å². The van der Waals surface area contributed by atoms with Crippen LogP contribution in [-0.2, 0) is 4.74 Å². The molecule has 18 heavy (non-hydrogen) atoms. The van der Waals surface area contributed by atoms with Gasteiger partial charge in [0.2, 0.25) is 0 Å². The summed E-state index contributed by atoms with van der Waals surface area (Å²) in [6.07, 6.45) is 0.256. The van der Waals surface area contributed by atoms with Gasteiger partial charge >= 0.3 is 5.69 Å². The minimum atomic E-state index is -0.665. The Balaban J connectivity index is 2.28. The second kappa shape index (κ2) is 5.05. The van der Waals surface area contributed by atoms with Gasteiger partial charge in [-0.05, 0) is 5.53 Å². The predicted octanol–water partition coefficient (Wildman–Crippen LogP) is -0.505. The maximum absolute atomic E-state index is 11.5. The van der Waals surface area contributed by atoms with Gasteiger partial charge in [-0.25, -0.2) is 4.79 Å². The Morgan fingerprint density at radius 1 is 1.67 bits per heavy atom. The highest BCUT2D eigenvalue weighted by molar-refractivity contribution is 4.90. The van der Waals surface area contributed by atoms with Gasteiger partial charge < -0.3 is 9.84 Å². The van der Waals surface area contributed by atoms with Gasteiger partial charge in [-0.1, -0.05) is 5.11 Å². The van der Waals surface area contributed by atoms with E-state index < -0.39 is 29.6 Å². The van der Waals surface area contributed by atoms with Crippen molar-refractivity contribution in [2.24, 2.45) is 5.11 Å². The topological polar surface area (TPSA) is 133 Å². The fraction of sp³-hybridized carbons (Fsp3) is 0.556. The van der Waals surface area contributed by atoms with Crippen LogP contribution >= 0.6 is 0 Å². The van der Waals surface area contributed by atoms with E-state index in [1.54, 1.807) is 0 Å². The van der Waals surface area contributed by atoms with E-state index in [2.05, 4.69) is 15.0 Å². The molecule has 0 aromatic carbocycles. The summed E-state index contributed by atoms with van der Waals surface area (Å²) in [5.41, 5.74) is 7.29. The van der Waals surface area contributed by atoms with Crippen molar-refractivity contribution in [2.75, 3.05) is 6.61 Å². The maximum Gasteiger partial charge on any atom is 0.330 e. The molecule has 1 aromatic rings. The molecule has 1 saturated heterocycles. The smallest absolute Gasteiger partial charge is 0.330 e. The van der Waals surface area contributed by atoms with Crippen LogP contribution in [0.5, 0.6) is 0 Å². The van der Waals surface area contributed by atoms with Crippen LogP contribution in [0.15, 0.2) is 27.0 Å². The third-order valence-electron chi connectivity index (χ3n) is 2.75. The standard InChI is InChI=1S/C9H11N5O4/c10-13-12-5-3-8(18-6(5)4-15)14-2-1-7(16)11-9(14)17/h1-2,5-6,8,15H,3-4H2,(H,11,16,17)/t5-,6+,8+/m1/s1. The maximum atomic E-state index is 11.5. The van der Waals surface area contributed by atoms with Gasteiger partial charge in [-0.2, -0.15) is 0 Å². The van der Waals surface area contributed by atoms with E-state index in [0.29, 0.717) is 0 Å². The minimum Gasteiger partial charge on any atom is -0.394 e. The summed E-state index contributed by atoms with van der Waals surface area (Å²) in [4.78, 5) is 27.2. The molecular weight excluding hydrogens is 242 g/mol. The Hall–Kier alpha value is -2.09. The van der Waals surface area contributed by atoms with E-state index in [1.807, 2.05) is 0 Å². The summed E-state index contributed by atoms with van der Waals surface area (Å²) in [6, 6.07) is 0.656. The summed E-state index contributed by atoms with van der Waals surface area (Å²) in [6.45, 7) is -0.307. The van der Waals surface area contributed by atoms with Crippen molar-refractivity contribution >= 4 is 0 Å². The molecule has 1 fully saturated rings. The Labute approximate surface area is 100 Å². The zero-order chi connectivity index (χ0) is 13.1. The van der Waals surface area contributed by atoms with Crippen LogP contribution < -0.4 is 11.2 Å². The molecule has 0 amide bonds. The lowest BCUT2D eigenvalue weighted by atomic mass is 10.1. The number of aromatic nitrogens is 2. The molecule has 9 nitrogen and oxygen atoms in total. The van der Waals surface area contributed by atoms with Crippen molar-refractivity contribution in [3.63, 3.8) is 0 Å². The second-order valence-electron chi connectivity index (χ2n) is 3.84. The fourth-order valence-corrected chi connectivity index (χ4v) is 1.89. The lowest BCUT2D eigenvalue weighted by Crippen LogP contribution is -2.31. The lowest BCUT2D eigenvalue weighted by molar-refractivity contribution is -0.0270. The lowest BCUT2D eigenvalue weighted by Gasteiger charge is -2.13. The highest BCUT2D eigenvalue weighted by Gasteiger charge is 2.35. The van der Waals surface area contributed by atoms with Gasteiger partial charge in [0.05, 0.1) is 18.8 Å². The monoisotopic (exact) mass is 253 g/mol. The molecule has 96 valence electrons. The molecule has 0 spiro atoms. The molecule has 3 atom stereocenters. The Bertz CT molecular complexity index is 587. The summed E-state index contributed by atoms with van der Waals surface area (Å²) in [5.74, 6) is 0. The molecule has 2 N–H and O–H groups in total. The van der Waals surface area contributed by atoms with Crippen LogP contribution in [0.2, 0.25) is 0 Å². The van der Waals surface area contributed by atoms with Crippen LogP contribution in [0.4, 0.5) is 0 Å². The third-order valence-corrected chi connectivity index (χ3v) is 2.75. The minimum absolute atomic E-state index is 0.265. The van der Waals surface area contributed by atoms with E-state index in [0.717, 1.165) is 0 Å². The number of rotatable bonds is 3. The average Bonchev–Trinajstić information content (AvgIpc) is 2.72. The van der Waals surface area contributed by atoms with Crippen molar-refractivity contribution in [1.82, 2.24) is 9.55 Å². The Morgan fingerprint density at radius 2 is 2.44 bits per heavy atom. The zero-order valence-electron chi connectivity index (χ0n) is 9.26. The van der Waals surface area contributed by atoms with Gasteiger partial charge in [0.1, 0.15) is 6.23 Å². The molecule has 0 bridgehead atoms. The fourth-order valence-electron chi connectivity index (χ4n) is 1.89. The summed E-state index contributed by atoms with van der Waals surface area (Å²) in [7, 11) is 0. The van der Waals surface area contributed by atoms with E-state index in [1.165, 1.54) is 16.8 Å². The van der Waals surface area contributed by atoms with E-state index in [4.69, 9.17) is 15.4 Å². The summed E-state index contributed by atoms with van der Waals surface area (Å²) in [5, 5.41) is 12.6. The van der Waals surface area contributed by atoms with E-state index in [9.17, 15) is 9.59 Å². The van der Waals surface area contributed by atoms with Crippen LogP contribution in [0.1, 0.15) is 12.6 Å². The largest absolute Gasteiger partial charge is 0.394 e. The predicted molar refractivity (Wildman–Crippen MR) is 59.9 cm³/mol. The molecule has 0 unspecified atom stereocenters. The van der Waals surface area contributed by atoms with Crippen molar-refractivity contribution in [2.45, 2.75) is 24.8 Å². The van der Waals surface area contributed by atoms with Gasteiger partial charge in [0, 0.05) is 23.6 Å². The van der Waals surface area contributed by atoms with Crippen molar-refractivity contribution in [3.8, 4) is 0 Å². The van der Waals surface area contributed by atoms with Crippen molar-refractivity contribution in [3.05, 3.63) is 43.5 Å². The zero-order valence-corrected chi connectivity index (χ0v) is 9.26. The Kier molecular flexibility index (Phi) is 3.47. The summed E-state index contributed by atoms with van der Waals surface area (Å²) < 4.78 is 6.60. The van der Waals surface area contributed by atoms with Crippen molar-refractivity contribution < 1.29 is 9.84 Å². The van der Waals surface area contributed by atoms with E-state index >= 15 is 0 Å². The number of ether oxygens (including phenoxy) is 1. The number of azide groups is 1. The highest BCUT2D eigenvalue weighted by Crippen LogP contribution is 2.29. The van der Waals surface area contributed by atoms with Crippen molar-refractivity contribution in [1.29, 1.82) is 0 Å². The normalized spacial score (nSPS) is 26.8. The molecule has 0 aliphatic carbocycles. The van der Waals surface area contributed by atoms with E-state index in [-0.39, 0.29) is 13.0 Å². The molecule has 1 aliphatic rings. The molecule has 9 heteroatoms. The first-order valence-corrected chi connectivity index (χ1v) is 5.27. The average molecular weight is 253 g/mol. The van der Waals surface area contributed by atoms with Gasteiger partial charge in [0.15, 0.2) is 0 Å². The summed E-state index contributed by atoms with van der Waals surface area (Å²) >= 11 is 0. The number of aromatic amines is 1. The number of nitrogens with one attached hydrogen (secondary N) is 1. The molecule has 2 heterocycles. The molecule has 2 rings (SSSR count). The van der Waals surface area contributed by atoms with Crippen LogP contribution in [0.3, 0.4) is 0 Å². The first-order chi connectivity index (χ1) is 8.65. The number of hydrogen-bond acceptors (Lipinski definition) is 5. The molecule has 0 saturated carbocycles. The van der Waals surface area contributed by atoms with Crippen LogP contribution in [0, 0.1) is 0 Å².